The van der Waals surface area contributed by atoms with Crippen molar-refractivity contribution in [2.24, 2.45) is 5.92 Å². The zero-order chi connectivity index (χ0) is 15.2. The first-order valence-electron chi connectivity index (χ1n) is 7.42. The molecular weight excluding hydrogens is 271 g/mol. The number of nitrogens with one attached hydrogen (secondary N) is 1. The number of hydrogen-bond donors (Lipinski definition) is 1. The molecule has 116 valence electrons. The third-order valence-electron chi connectivity index (χ3n) is 3.76. The van der Waals surface area contributed by atoms with E-state index < -0.39 is 0 Å². The van der Waals surface area contributed by atoms with E-state index in [2.05, 4.69) is 12.2 Å². The molecule has 0 aliphatic carbocycles. The van der Waals surface area contributed by atoms with E-state index in [9.17, 15) is 9.18 Å². The summed E-state index contributed by atoms with van der Waals surface area (Å²) < 4.78 is 18.3. The molecule has 2 atom stereocenters. The van der Waals surface area contributed by atoms with Gasteiger partial charge in [0.25, 0.3) is 0 Å². The first kappa shape index (κ1) is 15.9. The lowest BCUT2D eigenvalue weighted by Crippen LogP contribution is -2.44. The fourth-order valence-corrected chi connectivity index (χ4v) is 2.55. The van der Waals surface area contributed by atoms with Gasteiger partial charge in [0.15, 0.2) is 0 Å². The summed E-state index contributed by atoms with van der Waals surface area (Å²) in [5, 5.41) is 3.37. The van der Waals surface area contributed by atoms with Gasteiger partial charge in [-0.2, -0.15) is 0 Å². The fourth-order valence-electron chi connectivity index (χ4n) is 2.55. The zero-order valence-corrected chi connectivity index (χ0v) is 12.6. The quantitative estimate of drug-likeness (QED) is 0.870. The van der Waals surface area contributed by atoms with Crippen LogP contribution in [-0.2, 0) is 16.1 Å². The molecule has 2 unspecified atom stereocenters. The Bertz CT molecular complexity index is 464. The standard InChI is InChI=1S/C16H23FN2O2/c1-3-8-18-15-11-21-10-14(15)16(20)19(2)9-12-4-6-13(17)7-5-12/h4-7,14-15,18H,3,8-11H2,1-2H3. The first-order chi connectivity index (χ1) is 10.1. The molecule has 1 fully saturated rings. The molecule has 4 nitrogen and oxygen atoms in total. The monoisotopic (exact) mass is 294 g/mol. The number of halogens is 1. The maximum absolute atomic E-state index is 12.9. The fraction of sp³-hybridized carbons (Fsp3) is 0.562. The van der Waals surface area contributed by atoms with Crippen molar-refractivity contribution in [2.75, 3.05) is 26.8 Å². The summed E-state index contributed by atoms with van der Waals surface area (Å²) in [4.78, 5) is 14.2. The van der Waals surface area contributed by atoms with Crippen molar-refractivity contribution >= 4 is 5.91 Å². The highest BCUT2D eigenvalue weighted by Gasteiger charge is 2.35. The van der Waals surface area contributed by atoms with Crippen molar-refractivity contribution < 1.29 is 13.9 Å². The number of benzene rings is 1. The van der Waals surface area contributed by atoms with Crippen molar-refractivity contribution in [1.29, 1.82) is 0 Å². The lowest BCUT2D eigenvalue weighted by molar-refractivity contribution is -0.135. The van der Waals surface area contributed by atoms with Gasteiger partial charge in [-0.3, -0.25) is 4.79 Å². The molecule has 1 saturated heterocycles. The van der Waals surface area contributed by atoms with E-state index in [0.29, 0.717) is 19.8 Å². The number of ether oxygens (including phenoxy) is 1. The first-order valence-corrected chi connectivity index (χ1v) is 7.42. The highest BCUT2D eigenvalue weighted by Crippen LogP contribution is 2.17. The van der Waals surface area contributed by atoms with Gasteiger partial charge in [0.05, 0.1) is 19.1 Å². The average Bonchev–Trinajstić information content (AvgIpc) is 2.95. The van der Waals surface area contributed by atoms with E-state index in [-0.39, 0.29) is 23.7 Å². The van der Waals surface area contributed by atoms with E-state index in [4.69, 9.17) is 4.74 Å². The summed E-state index contributed by atoms with van der Waals surface area (Å²) in [5.41, 5.74) is 0.921. The summed E-state index contributed by atoms with van der Waals surface area (Å²) in [7, 11) is 1.78. The molecule has 1 aliphatic rings. The Hall–Kier alpha value is -1.46. The molecule has 0 saturated carbocycles. The molecule has 5 heteroatoms. The normalized spacial score (nSPS) is 21.5. The highest BCUT2D eigenvalue weighted by molar-refractivity contribution is 5.79. The van der Waals surface area contributed by atoms with Crippen LogP contribution < -0.4 is 5.32 Å². The summed E-state index contributed by atoms with van der Waals surface area (Å²) in [5.74, 6) is -0.326. The number of carbonyl (C=O) groups is 1. The molecule has 0 bridgehead atoms. The number of rotatable bonds is 6. The van der Waals surface area contributed by atoms with Crippen molar-refractivity contribution in [2.45, 2.75) is 25.9 Å². The largest absolute Gasteiger partial charge is 0.379 e. The maximum atomic E-state index is 12.9. The minimum Gasteiger partial charge on any atom is -0.379 e. The van der Waals surface area contributed by atoms with Crippen molar-refractivity contribution in [3.8, 4) is 0 Å². The Labute approximate surface area is 125 Å². The van der Waals surface area contributed by atoms with Crippen molar-refractivity contribution in [3.63, 3.8) is 0 Å². The molecule has 1 heterocycles. The van der Waals surface area contributed by atoms with Crippen LogP contribution in [0.2, 0.25) is 0 Å². The molecule has 0 radical (unpaired) electrons. The molecule has 0 spiro atoms. The van der Waals surface area contributed by atoms with Crippen LogP contribution in [0.25, 0.3) is 0 Å². The molecule has 2 rings (SSSR count). The second-order valence-corrected chi connectivity index (χ2v) is 5.53. The summed E-state index contributed by atoms with van der Waals surface area (Å²) in [6.07, 6.45) is 1.03. The van der Waals surface area contributed by atoms with Gasteiger partial charge in [0.1, 0.15) is 5.82 Å². The molecule has 21 heavy (non-hydrogen) atoms. The molecular formula is C16H23FN2O2. The van der Waals surface area contributed by atoms with Crippen LogP contribution in [0, 0.1) is 11.7 Å². The van der Waals surface area contributed by atoms with Crippen LogP contribution >= 0.6 is 0 Å². The average molecular weight is 294 g/mol. The Morgan fingerprint density at radius 2 is 2.10 bits per heavy atom. The van der Waals surface area contributed by atoms with Gasteiger partial charge in [-0.25, -0.2) is 4.39 Å². The van der Waals surface area contributed by atoms with Crippen LogP contribution in [0.3, 0.4) is 0 Å². The lowest BCUT2D eigenvalue weighted by atomic mass is 10.0. The van der Waals surface area contributed by atoms with E-state index in [1.54, 1.807) is 24.1 Å². The Morgan fingerprint density at radius 1 is 1.38 bits per heavy atom. The Kier molecular flexibility index (Phi) is 5.70. The number of hydrogen-bond acceptors (Lipinski definition) is 3. The minimum atomic E-state index is -0.263. The topological polar surface area (TPSA) is 41.6 Å². The predicted octanol–water partition coefficient (Wildman–Crippen LogP) is 1.80. The summed E-state index contributed by atoms with van der Waals surface area (Å²) in [6.45, 7) is 4.52. The van der Waals surface area contributed by atoms with Gasteiger partial charge in [-0.05, 0) is 30.7 Å². The second kappa shape index (κ2) is 7.52. The van der Waals surface area contributed by atoms with Gasteiger partial charge >= 0.3 is 0 Å². The highest BCUT2D eigenvalue weighted by atomic mass is 19.1. The van der Waals surface area contributed by atoms with Crippen LogP contribution in [0.4, 0.5) is 4.39 Å². The molecule has 1 aliphatic heterocycles. The summed E-state index contributed by atoms with van der Waals surface area (Å²) >= 11 is 0. The van der Waals surface area contributed by atoms with E-state index in [1.165, 1.54) is 12.1 Å². The maximum Gasteiger partial charge on any atom is 0.229 e. The van der Waals surface area contributed by atoms with Crippen molar-refractivity contribution in [3.05, 3.63) is 35.6 Å². The molecule has 1 aromatic rings. The second-order valence-electron chi connectivity index (χ2n) is 5.53. The van der Waals surface area contributed by atoms with Gasteiger partial charge in [-0.15, -0.1) is 0 Å². The third kappa shape index (κ3) is 4.25. The SMILES string of the molecule is CCCNC1COCC1C(=O)N(C)Cc1ccc(F)cc1. The molecule has 0 aromatic heterocycles. The van der Waals surface area contributed by atoms with Crippen LogP contribution in [0.5, 0.6) is 0 Å². The van der Waals surface area contributed by atoms with E-state index in [0.717, 1.165) is 18.5 Å². The van der Waals surface area contributed by atoms with Gasteiger partial charge in [0.2, 0.25) is 5.91 Å². The lowest BCUT2D eigenvalue weighted by Gasteiger charge is -2.24. The van der Waals surface area contributed by atoms with Gasteiger partial charge < -0.3 is 15.0 Å². The molecule has 1 N–H and O–H groups in total. The third-order valence-corrected chi connectivity index (χ3v) is 3.76. The molecule has 1 amide bonds. The minimum absolute atomic E-state index is 0.0745. The van der Waals surface area contributed by atoms with Gasteiger partial charge in [0, 0.05) is 19.6 Å². The van der Waals surface area contributed by atoms with E-state index >= 15 is 0 Å². The Balaban J connectivity index is 1.93. The smallest absolute Gasteiger partial charge is 0.229 e. The number of nitrogens with zero attached hydrogens (tertiary/aromatic N) is 1. The van der Waals surface area contributed by atoms with Gasteiger partial charge in [-0.1, -0.05) is 19.1 Å². The number of amides is 1. The van der Waals surface area contributed by atoms with Crippen LogP contribution in [0.15, 0.2) is 24.3 Å². The Morgan fingerprint density at radius 3 is 2.76 bits per heavy atom. The predicted molar refractivity (Wildman–Crippen MR) is 79.3 cm³/mol. The molecule has 1 aromatic carbocycles. The van der Waals surface area contributed by atoms with E-state index in [1.807, 2.05) is 0 Å². The number of carbonyl (C=O) groups excluding carboxylic acids is 1. The summed E-state index contributed by atoms with van der Waals surface area (Å²) in [6, 6.07) is 6.33. The van der Waals surface area contributed by atoms with Crippen molar-refractivity contribution in [1.82, 2.24) is 10.2 Å². The van der Waals surface area contributed by atoms with Crippen LogP contribution in [-0.4, -0.2) is 43.7 Å². The van der Waals surface area contributed by atoms with Crippen LogP contribution in [0.1, 0.15) is 18.9 Å². The zero-order valence-electron chi connectivity index (χ0n) is 12.6.